The molecule has 1 saturated heterocycles. The van der Waals surface area contributed by atoms with Gasteiger partial charge in [-0.25, -0.2) is 0 Å². The van der Waals surface area contributed by atoms with Crippen LogP contribution in [0.25, 0.3) is 0 Å². The van der Waals surface area contributed by atoms with Gasteiger partial charge in [0.1, 0.15) is 11.5 Å². The maximum absolute atomic E-state index is 5.92. The summed E-state index contributed by atoms with van der Waals surface area (Å²) in [6, 6.07) is 2.20. The van der Waals surface area contributed by atoms with Crippen molar-refractivity contribution in [2.45, 2.75) is 53.3 Å². The number of nitrogens with one attached hydrogen (secondary N) is 1. The van der Waals surface area contributed by atoms with Crippen molar-refractivity contribution < 1.29 is 9.15 Å². The van der Waals surface area contributed by atoms with Gasteiger partial charge in [-0.3, -0.25) is 4.90 Å². The average molecular weight is 294 g/mol. The van der Waals surface area contributed by atoms with Crippen molar-refractivity contribution in [3.8, 4) is 0 Å². The average Bonchev–Trinajstić information content (AvgIpc) is 2.68. The molecule has 1 aromatic heterocycles. The summed E-state index contributed by atoms with van der Waals surface area (Å²) >= 11 is 0. The van der Waals surface area contributed by atoms with Crippen molar-refractivity contribution in [2.75, 3.05) is 26.2 Å². The topological polar surface area (TPSA) is 37.6 Å². The molecule has 4 nitrogen and oxygen atoms in total. The molecule has 2 rings (SSSR count). The van der Waals surface area contributed by atoms with Gasteiger partial charge < -0.3 is 14.5 Å². The van der Waals surface area contributed by atoms with Gasteiger partial charge in [-0.2, -0.15) is 0 Å². The quantitative estimate of drug-likeness (QED) is 0.875. The lowest BCUT2D eigenvalue weighted by atomic mass is 10.1. The summed E-state index contributed by atoms with van der Waals surface area (Å²) in [4.78, 5) is 2.41. The molecule has 1 aliphatic heterocycles. The highest BCUT2D eigenvalue weighted by molar-refractivity contribution is 5.20. The summed E-state index contributed by atoms with van der Waals surface area (Å²) in [6.45, 7) is 16.3. The SMILES string of the molecule is Cc1oc(CN2CCOC(C)(C)C2)cc1CNCC(C)C. The summed E-state index contributed by atoms with van der Waals surface area (Å²) in [5.41, 5.74) is 1.22. The van der Waals surface area contributed by atoms with Gasteiger partial charge in [-0.05, 0) is 39.3 Å². The van der Waals surface area contributed by atoms with Gasteiger partial charge in [-0.1, -0.05) is 13.8 Å². The number of nitrogens with zero attached hydrogens (tertiary/aromatic N) is 1. The Morgan fingerprint density at radius 3 is 2.81 bits per heavy atom. The van der Waals surface area contributed by atoms with Crippen molar-refractivity contribution in [1.82, 2.24) is 10.2 Å². The van der Waals surface area contributed by atoms with Crippen LogP contribution in [0.1, 0.15) is 44.8 Å². The van der Waals surface area contributed by atoms with Crippen LogP contribution in [0.4, 0.5) is 0 Å². The monoisotopic (exact) mass is 294 g/mol. The van der Waals surface area contributed by atoms with Gasteiger partial charge in [0.05, 0.1) is 18.8 Å². The van der Waals surface area contributed by atoms with E-state index in [0.717, 1.165) is 50.9 Å². The van der Waals surface area contributed by atoms with Crippen molar-refractivity contribution >= 4 is 0 Å². The Bertz CT molecular complexity index is 452. The van der Waals surface area contributed by atoms with Crippen LogP contribution >= 0.6 is 0 Å². The summed E-state index contributed by atoms with van der Waals surface area (Å²) in [6.07, 6.45) is 0. The lowest BCUT2D eigenvalue weighted by Gasteiger charge is -2.37. The minimum Gasteiger partial charge on any atom is -0.465 e. The Balaban J connectivity index is 1.89. The molecule has 4 heteroatoms. The van der Waals surface area contributed by atoms with E-state index in [1.54, 1.807) is 0 Å². The van der Waals surface area contributed by atoms with Gasteiger partial charge in [0.15, 0.2) is 0 Å². The fraction of sp³-hybridized carbons (Fsp3) is 0.765. The van der Waals surface area contributed by atoms with Crippen LogP contribution in [0.15, 0.2) is 10.5 Å². The molecule has 0 radical (unpaired) electrons. The molecule has 0 unspecified atom stereocenters. The second-order valence-corrected chi connectivity index (χ2v) is 7.14. The van der Waals surface area contributed by atoms with Crippen LogP contribution in [-0.2, 0) is 17.8 Å². The molecule has 0 bridgehead atoms. The summed E-state index contributed by atoms with van der Waals surface area (Å²) in [5, 5.41) is 3.48. The van der Waals surface area contributed by atoms with E-state index < -0.39 is 0 Å². The normalized spacial score (nSPS) is 19.3. The molecule has 0 spiro atoms. The van der Waals surface area contributed by atoms with Crippen LogP contribution in [0.5, 0.6) is 0 Å². The van der Waals surface area contributed by atoms with Crippen LogP contribution in [0.2, 0.25) is 0 Å². The summed E-state index contributed by atoms with van der Waals surface area (Å²) in [5.74, 6) is 2.77. The zero-order valence-corrected chi connectivity index (χ0v) is 14.2. The third-order valence-corrected chi connectivity index (χ3v) is 3.82. The van der Waals surface area contributed by atoms with E-state index in [4.69, 9.17) is 9.15 Å². The maximum atomic E-state index is 5.92. The number of ether oxygens (including phenoxy) is 1. The Morgan fingerprint density at radius 1 is 1.38 bits per heavy atom. The molecule has 21 heavy (non-hydrogen) atoms. The number of hydrogen-bond donors (Lipinski definition) is 1. The molecule has 1 fully saturated rings. The number of rotatable bonds is 6. The van der Waals surface area contributed by atoms with Gasteiger partial charge in [0.2, 0.25) is 0 Å². The van der Waals surface area contributed by atoms with Crippen molar-refractivity contribution in [1.29, 1.82) is 0 Å². The smallest absolute Gasteiger partial charge is 0.118 e. The first-order chi connectivity index (χ1) is 9.85. The van der Waals surface area contributed by atoms with E-state index in [1.807, 2.05) is 0 Å². The lowest BCUT2D eigenvalue weighted by molar-refractivity contribution is -0.0894. The minimum atomic E-state index is -0.0540. The first-order valence-electron chi connectivity index (χ1n) is 8.01. The summed E-state index contributed by atoms with van der Waals surface area (Å²) in [7, 11) is 0. The van der Waals surface area contributed by atoms with E-state index in [2.05, 4.69) is 50.9 Å². The third kappa shape index (κ3) is 5.13. The Kier molecular flexibility index (Phi) is 5.47. The van der Waals surface area contributed by atoms with E-state index >= 15 is 0 Å². The predicted molar refractivity (Wildman–Crippen MR) is 85.3 cm³/mol. The second-order valence-electron chi connectivity index (χ2n) is 7.14. The predicted octanol–water partition coefficient (Wildman–Crippen LogP) is 2.94. The zero-order valence-electron chi connectivity index (χ0n) is 14.2. The van der Waals surface area contributed by atoms with Gasteiger partial charge >= 0.3 is 0 Å². The molecule has 1 aliphatic rings. The lowest BCUT2D eigenvalue weighted by Crippen LogP contribution is -2.47. The molecule has 0 saturated carbocycles. The van der Waals surface area contributed by atoms with Crippen molar-refractivity contribution in [3.05, 3.63) is 23.2 Å². The molecule has 0 aromatic carbocycles. The molecular weight excluding hydrogens is 264 g/mol. The van der Waals surface area contributed by atoms with Crippen molar-refractivity contribution in [2.24, 2.45) is 5.92 Å². The van der Waals surface area contributed by atoms with Gasteiger partial charge in [-0.15, -0.1) is 0 Å². The second kappa shape index (κ2) is 6.95. The number of aryl methyl sites for hydroxylation is 1. The summed E-state index contributed by atoms with van der Waals surface area (Å²) < 4.78 is 11.7. The van der Waals surface area contributed by atoms with Crippen LogP contribution in [0.3, 0.4) is 0 Å². The molecule has 0 amide bonds. The highest BCUT2D eigenvalue weighted by Crippen LogP contribution is 2.21. The van der Waals surface area contributed by atoms with Crippen LogP contribution in [-0.4, -0.2) is 36.7 Å². The van der Waals surface area contributed by atoms with Gasteiger partial charge in [0, 0.05) is 25.2 Å². The molecule has 0 aliphatic carbocycles. The van der Waals surface area contributed by atoms with E-state index in [1.165, 1.54) is 5.56 Å². The van der Waals surface area contributed by atoms with Crippen LogP contribution in [0, 0.1) is 12.8 Å². The standard InChI is InChI=1S/C17H30N2O2/c1-13(2)9-18-10-15-8-16(21-14(15)3)11-19-6-7-20-17(4,5)12-19/h8,13,18H,6-7,9-12H2,1-5H3. The number of hydrogen-bond acceptors (Lipinski definition) is 4. The number of furan rings is 1. The molecule has 1 N–H and O–H groups in total. The molecule has 1 aromatic rings. The molecule has 0 atom stereocenters. The first-order valence-corrected chi connectivity index (χ1v) is 8.01. The highest BCUT2D eigenvalue weighted by atomic mass is 16.5. The Morgan fingerprint density at radius 2 is 2.14 bits per heavy atom. The fourth-order valence-corrected chi connectivity index (χ4v) is 2.81. The van der Waals surface area contributed by atoms with E-state index in [-0.39, 0.29) is 5.60 Å². The Hall–Kier alpha value is -0.840. The first kappa shape index (κ1) is 16.5. The van der Waals surface area contributed by atoms with E-state index in [9.17, 15) is 0 Å². The fourth-order valence-electron chi connectivity index (χ4n) is 2.81. The van der Waals surface area contributed by atoms with Crippen LogP contribution < -0.4 is 5.32 Å². The van der Waals surface area contributed by atoms with Crippen molar-refractivity contribution in [3.63, 3.8) is 0 Å². The molecule has 2 heterocycles. The number of morpholine rings is 1. The molecular formula is C17H30N2O2. The minimum absolute atomic E-state index is 0.0540. The third-order valence-electron chi connectivity index (χ3n) is 3.82. The highest BCUT2D eigenvalue weighted by Gasteiger charge is 2.27. The zero-order chi connectivity index (χ0) is 15.5. The van der Waals surface area contributed by atoms with E-state index in [0.29, 0.717) is 5.92 Å². The van der Waals surface area contributed by atoms with Gasteiger partial charge in [0.25, 0.3) is 0 Å². The molecule has 120 valence electrons. The largest absolute Gasteiger partial charge is 0.465 e. The Labute approximate surface area is 128 Å². The maximum Gasteiger partial charge on any atom is 0.118 e.